The molecule has 0 aliphatic carbocycles. The smallest absolute Gasteiger partial charge is 0.0860 e. The first kappa shape index (κ1) is 12.9. The average molecular weight is 257 g/mol. The third-order valence-electron chi connectivity index (χ3n) is 3.44. The van der Waals surface area contributed by atoms with Gasteiger partial charge in [-0.05, 0) is 20.8 Å². The first-order chi connectivity index (χ1) is 8.13. The van der Waals surface area contributed by atoms with Crippen LogP contribution >= 0.6 is 11.6 Å². The lowest BCUT2D eigenvalue weighted by molar-refractivity contribution is 0.161. The molecule has 0 saturated carbocycles. The Morgan fingerprint density at radius 2 is 2.29 bits per heavy atom. The first-order valence-corrected chi connectivity index (χ1v) is 6.67. The van der Waals surface area contributed by atoms with E-state index in [4.69, 9.17) is 11.6 Å². The molecule has 1 N–H and O–H groups in total. The molecular formula is C12H21ClN4. The zero-order valence-corrected chi connectivity index (χ0v) is 11.6. The zero-order chi connectivity index (χ0) is 12.4. The Hall–Kier alpha value is -0.580. The molecule has 1 atom stereocenters. The predicted molar refractivity (Wildman–Crippen MR) is 70.4 cm³/mol. The van der Waals surface area contributed by atoms with Gasteiger partial charge < -0.3 is 5.32 Å². The van der Waals surface area contributed by atoms with Crippen molar-refractivity contribution in [2.24, 2.45) is 0 Å². The summed E-state index contributed by atoms with van der Waals surface area (Å²) >= 11 is 6.33. The molecule has 17 heavy (non-hydrogen) atoms. The minimum Gasteiger partial charge on any atom is -0.314 e. The van der Waals surface area contributed by atoms with Crippen molar-refractivity contribution in [1.82, 2.24) is 20.0 Å². The van der Waals surface area contributed by atoms with Gasteiger partial charge in [-0.2, -0.15) is 5.10 Å². The second kappa shape index (κ2) is 5.38. The lowest BCUT2D eigenvalue weighted by Crippen LogP contribution is -2.49. The molecule has 1 aliphatic heterocycles. The summed E-state index contributed by atoms with van der Waals surface area (Å²) in [6.45, 7) is 11.3. The molecule has 0 bridgehead atoms. The molecule has 96 valence electrons. The van der Waals surface area contributed by atoms with E-state index >= 15 is 0 Å². The second-order valence-corrected chi connectivity index (χ2v) is 5.06. The Morgan fingerprint density at radius 1 is 1.53 bits per heavy atom. The molecule has 5 heteroatoms. The Kier molecular flexibility index (Phi) is 4.07. The fourth-order valence-electron chi connectivity index (χ4n) is 2.33. The van der Waals surface area contributed by atoms with Crippen LogP contribution in [0.3, 0.4) is 0 Å². The lowest BCUT2D eigenvalue weighted by atomic mass is 10.2. The summed E-state index contributed by atoms with van der Waals surface area (Å²) in [5.74, 6) is 0. The molecule has 2 rings (SSSR count). The molecule has 1 unspecified atom stereocenters. The molecule has 1 aromatic heterocycles. The minimum absolute atomic E-state index is 0.556. The van der Waals surface area contributed by atoms with Crippen LogP contribution in [0.1, 0.15) is 25.2 Å². The number of aromatic nitrogens is 2. The third-order valence-corrected chi connectivity index (χ3v) is 3.94. The Bertz CT molecular complexity index is 388. The fourth-order valence-corrected chi connectivity index (χ4v) is 2.53. The number of nitrogens with zero attached hydrogens (tertiary/aromatic N) is 3. The van der Waals surface area contributed by atoms with Crippen LogP contribution in [-0.2, 0) is 13.1 Å². The summed E-state index contributed by atoms with van der Waals surface area (Å²) in [7, 11) is 0. The van der Waals surface area contributed by atoms with E-state index in [2.05, 4.69) is 29.2 Å². The van der Waals surface area contributed by atoms with Crippen LogP contribution in [0.2, 0.25) is 5.02 Å². The molecule has 0 radical (unpaired) electrons. The zero-order valence-electron chi connectivity index (χ0n) is 10.8. The van der Waals surface area contributed by atoms with Gasteiger partial charge in [0.1, 0.15) is 0 Å². The van der Waals surface area contributed by atoms with Crippen LogP contribution in [0, 0.1) is 6.92 Å². The maximum absolute atomic E-state index is 6.33. The van der Waals surface area contributed by atoms with E-state index in [9.17, 15) is 0 Å². The van der Waals surface area contributed by atoms with E-state index in [-0.39, 0.29) is 0 Å². The van der Waals surface area contributed by atoms with Gasteiger partial charge >= 0.3 is 0 Å². The highest BCUT2D eigenvalue weighted by molar-refractivity contribution is 6.31. The molecule has 2 heterocycles. The van der Waals surface area contributed by atoms with Crippen LogP contribution in [0.25, 0.3) is 0 Å². The molecule has 0 spiro atoms. The average Bonchev–Trinajstić information content (AvgIpc) is 2.59. The van der Waals surface area contributed by atoms with Crippen LogP contribution in [-0.4, -0.2) is 40.4 Å². The van der Waals surface area contributed by atoms with Gasteiger partial charge in [0.25, 0.3) is 0 Å². The Balaban J connectivity index is 2.16. The van der Waals surface area contributed by atoms with Gasteiger partial charge in [0.05, 0.1) is 16.4 Å². The van der Waals surface area contributed by atoms with Crippen molar-refractivity contribution >= 4 is 11.6 Å². The van der Waals surface area contributed by atoms with Crippen molar-refractivity contribution in [2.75, 3.05) is 19.6 Å². The van der Waals surface area contributed by atoms with Crippen molar-refractivity contribution in [3.05, 3.63) is 16.4 Å². The standard InChI is InChI=1S/C12H21ClN4/c1-4-17-11(12(13)10(3)15-17)8-16-6-5-14-7-9(16)2/h9,14H,4-8H2,1-3H3. The first-order valence-electron chi connectivity index (χ1n) is 6.30. The number of nitrogens with one attached hydrogen (secondary N) is 1. The van der Waals surface area contributed by atoms with Crippen molar-refractivity contribution in [1.29, 1.82) is 0 Å². The number of hydrogen-bond acceptors (Lipinski definition) is 3. The monoisotopic (exact) mass is 256 g/mol. The number of piperazine rings is 1. The van der Waals surface area contributed by atoms with Crippen LogP contribution < -0.4 is 5.32 Å². The maximum atomic E-state index is 6.33. The largest absolute Gasteiger partial charge is 0.314 e. The molecule has 1 fully saturated rings. The van der Waals surface area contributed by atoms with Crippen LogP contribution in [0.5, 0.6) is 0 Å². The third kappa shape index (κ3) is 2.64. The van der Waals surface area contributed by atoms with Gasteiger partial charge in [-0.1, -0.05) is 11.6 Å². The normalized spacial score (nSPS) is 22.0. The Labute approximate surface area is 108 Å². The van der Waals surface area contributed by atoms with Gasteiger partial charge in [-0.15, -0.1) is 0 Å². The van der Waals surface area contributed by atoms with E-state index in [0.29, 0.717) is 6.04 Å². The molecule has 0 aromatic carbocycles. The van der Waals surface area contributed by atoms with Crippen molar-refractivity contribution in [2.45, 2.75) is 39.9 Å². The van der Waals surface area contributed by atoms with E-state index in [0.717, 1.165) is 49.1 Å². The molecule has 1 saturated heterocycles. The summed E-state index contributed by atoms with van der Waals surface area (Å²) in [6, 6.07) is 0.556. The predicted octanol–water partition coefficient (Wildman–Crippen LogP) is 1.66. The van der Waals surface area contributed by atoms with E-state index < -0.39 is 0 Å². The molecule has 1 aromatic rings. The topological polar surface area (TPSA) is 33.1 Å². The quantitative estimate of drug-likeness (QED) is 0.893. The van der Waals surface area contributed by atoms with E-state index in [1.54, 1.807) is 0 Å². The minimum atomic E-state index is 0.556. The second-order valence-electron chi connectivity index (χ2n) is 4.69. The number of hydrogen-bond donors (Lipinski definition) is 1. The highest BCUT2D eigenvalue weighted by Crippen LogP contribution is 2.22. The van der Waals surface area contributed by atoms with Crippen LogP contribution in [0.4, 0.5) is 0 Å². The number of halogens is 1. The summed E-state index contributed by atoms with van der Waals surface area (Å²) < 4.78 is 2.02. The highest BCUT2D eigenvalue weighted by Gasteiger charge is 2.21. The molecule has 4 nitrogen and oxygen atoms in total. The van der Waals surface area contributed by atoms with E-state index in [1.165, 1.54) is 0 Å². The van der Waals surface area contributed by atoms with Crippen LogP contribution in [0.15, 0.2) is 0 Å². The molecule has 1 aliphatic rings. The highest BCUT2D eigenvalue weighted by atomic mass is 35.5. The summed E-state index contributed by atoms with van der Waals surface area (Å²) in [6.07, 6.45) is 0. The van der Waals surface area contributed by atoms with Gasteiger partial charge in [-0.25, -0.2) is 0 Å². The van der Waals surface area contributed by atoms with Gasteiger partial charge in [0, 0.05) is 38.8 Å². The maximum Gasteiger partial charge on any atom is 0.0860 e. The Morgan fingerprint density at radius 3 is 2.94 bits per heavy atom. The summed E-state index contributed by atoms with van der Waals surface area (Å²) in [5, 5.41) is 8.69. The number of aryl methyl sites for hydroxylation is 2. The SMILES string of the molecule is CCn1nc(C)c(Cl)c1CN1CCNCC1C. The number of rotatable bonds is 3. The van der Waals surface area contributed by atoms with Gasteiger partial charge in [0.2, 0.25) is 0 Å². The lowest BCUT2D eigenvalue weighted by Gasteiger charge is -2.33. The van der Waals surface area contributed by atoms with Crippen molar-refractivity contribution in [3.8, 4) is 0 Å². The van der Waals surface area contributed by atoms with E-state index in [1.807, 2.05) is 11.6 Å². The molecule has 0 amide bonds. The van der Waals surface area contributed by atoms with Gasteiger partial charge in [0.15, 0.2) is 0 Å². The molecular weight excluding hydrogens is 236 g/mol. The fraction of sp³-hybridized carbons (Fsp3) is 0.750. The van der Waals surface area contributed by atoms with Crippen molar-refractivity contribution < 1.29 is 0 Å². The summed E-state index contributed by atoms with van der Waals surface area (Å²) in [4.78, 5) is 2.46. The van der Waals surface area contributed by atoms with Crippen molar-refractivity contribution in [3.63, 3.8) is 0 Å². The summed E-state index contributed by atoms with van der Waals surface area (Å²) in [5.41, 5.74) is 2.09. The van der Waals surface area contributed by atoms with Gasteiger partial charge in [-0.3, -0.25) is 9.58 Å².